The summed E-state index contributed by atoms with van der Waals surface area (Å²) in [6, 6.07) is 0. The van der Waals surface area contributed by atoms with Gasteiger partial charge in [0.25, 0.3) is 0 Å². The second-order valence-electron chi connectivity index (χ2n) is 2.65. The van der Waals surface area contributed by atoms with E-state index in [1.54, 1.807) is 0 Å². The van der Waals surface area contributed by atoms with Crippen LogP contribution in [0.4, 0.5) is 4.39 Å². The first kappa shape index (κ1) is 7.95. The van der Waals surface area contributed by atoms with Crippen LogP contribution in [-0.4, -0.2) is 31.1 Å². The molecular weight excluding hydrogens is 135 g/mol. The minimum absolute atomic E-state index is 0.0511. The first-order valence-electron chi connectivity index (χ1n) is 3.67. The van der Waals surface area contributed by atoms with Crippen LogP contribution in [0.1, 0.15) is 12.8 Å². The van der Waals surface area contributed by atoms with Crippen molar-refractivity contribution < 1.29 is 14.2 Å². The predicted octanol–water partition coefficient (Wildman–Crippen LogP) is 0.743. The maximum atomic E-state index is 12.9. The zero-order chi connectivity index (χ0) is 7.40. The van der Waals surface area contributed by atoms with E-state index in [1.807, 2.05) is 0 Å². The van der Waals surface area contributed by atoms with Crippen molar-refractivity contribution >= 4 is 0 Å². The van der Waals surface area contributed by atoms with Crippen molar-refractivity contribution in [2.24, 2.45) is 5.92 Å². The number of aliphatic hydroxyl groups is 1. The van der Waals surface area contributed by atoms with Crippen LogP contribution >= 0.6 is 0 Å². The molecule has 1 N–H and O–H groups in total. The molecule has 0 saturated carbocycles. The monoisotopic (exact) mass is 148 g/mol. The molecule has 0 amide bonds. The second-order valence-corrected chi connectivity index (χ2v) is 2.65. The summed E-state index contributed by atoms with van der Waals surface area (Å²) in [5.74, 6) is -0.192. The molecule has 1 rings (SSSR count). The third kappa shape index (κ3) is 1.92. The molecular formula is C7H13FO2. The number of halogens is 1. The van der Waals surface area contributed by atoms with E-state index in [9.17, 15) is 4.39 Å². The standard InChI is InChI=1S/C7H13FO2/c8-7-2-4-10-3-1-6(7)5-9/h6-7,9H,1-5H2. The molecule has 1 heterocycles. The Kier molecular flexibility index (Phi) is 3.09. The molecule has 1 aliphatic rings. The lowest BCUT2D eigenvalue weighted by Crippen LogP contribution is -2.19. The molecule has 1 fully saturated rings. The van der Waals surface area contributed by atoms with Crippen LogP contribution < -0.4 is 0 Å². The molecule has 60 valence electrons. The summed E-state index contributed by atoms with van der Waals surface area (Å²) in [4.78, 5) is 0. The Balaban J connectivity index is 2.35. The van der Waals surface area contributed by atoms with E-state index in [0.717, 1.165) is 0 Å². The average molecular weight is 148 g/mol. The van der Waals surface area contributed by atoms with Crippen LogP contribution in [0.2, 0.25) is 0 Å². The normalized spacial score (nSPS) is 35.4. The Hall–Kier alpha value is -0.150. The van der Waals surface area contributed by atoms with E-state index in [-0.39, 0.29) is 12.5 Å². The molecule has 3 heteroatoms. The van der Waals surface area contributed by atoms with Crippen LogP contribution in [0.25, 0.3) is 0 Å². The average Bonchev–Trinajstić information content (AvgIpc) is 2.13. The van der Waals surface area contributed by atoms with Crippen LogP contribution in [-0.2, 0) is 4.74 Å². The quantitative estimate of drug-likeness (QED) is 0.594. The minimum Gasteiger partial charge on any atom is -0.396 e. The Morgan fingerprint density at radius 3 is 2.80 bits per heavy atom. The second kappa shape index (κ2) is 3.88. The number of aliphatic hydroxyl groups excluding tert-OH is 1. The van der Waals surface area contributed by atoms with Gasteiger partial charge in [-0.05, 0) is 6.42 Å². The molecule has 0 bridgehead atoms. The van der Waals surface area contributed by atoms with E-state index in [2.05, 4.69) is 0 Å². The summed E-state index contributed by atoms with van der Waals surface area (Å²) in [7, 11) is 0. The number of hydrogen-bond acceptors (Lipinski definition) is 2. The topological polar surface area (TPSA) is 29.5 Å². The van der Waals surface area contributed by atoms with Crippen LogP contribution in [0.15, 0.2) is 0 Å². The fraction of sp³-hybridized carbons (Fsp3) is 1.00. The van der Waals surface area contributed by atoms with E-state index >= 15 is 0 Å². The maximum absolute atomic E-state index is 12.9. The summed E-state index contributed by atoms with van der Waals surface area (Å²) < 4.78 is 17.9. The van der Waals surface area contributed by atoms with Crippen molar-refractivity contribution in [1.82, 2.24) is 0 Å². The Labute approximate surface area is 60.0 Å². The van der Waals surface area contributed by atoms with Gasteiger partial charge in [0.05, 0.1) is 0 Å². The fourth-order valence-electron chi connectivity index (χ4n) is 1.15. The first-order valence-corrected chi connectivity index (χ1v) is 3.67. The van der Waals surface area contributed by atoms with Crippen molar-refractivity contribution in [1.29, 1.82) is 0 Å². The minimum atomic E-state index is -0.868. The van der Waals surface area contributed by atoms with E-state index in [1.165, 1.54) is 0 Å². The van der Waals surface area contributed by atoms with Gasteiger partial charge in [-0.1, -0.05) is 0 Å². The molecule has 1 aliphatic heterocycles. The highest BCUT2D eigenvalue weighted by Crippen LogP contribution is 2.18. The molecule has 0 aliphatic carbocycles. The van der Waals surface area contributed by atoms with Crippen molar-refractivity contribution in [3.63, 3.8) is 0 Å². The zero-order valence-corrected chi connectivity index (χ0v) is 5.92. The zero-order valence-electron chi connectivity index (χ0n) is 5.92. The molecule has 0 aromatic rings. The molecule has 1 saturated heterocycles. The predicted molar refractivity (Wildman–Crippen MR) is 35.5 cm³/mol. The SMILES string of the molecule is OCC1CCOCCC1F. The van der Waals surface area contributed by atoms with Gasteiger partial charge in [0.2, 0.25) is 0 Å². The van der Waals surface area contributed by atoms with Gasteiger partial charge in [-0.25, -0.2) is 4.39 Å². The van der Waals surface area contributed by atoms with Gasteiger partial charge >= 0.3 is 0 Å². The van der Waals surface area contributed by atoms with Gasteiger partial charge in [0.1, 0.15) is 6.17 Å². The number of ether oxygens (including phenoxy) is 1. The van der Waals surface area contributed by atoms with Gasteiger partial charge in [-0.15, -0.1) is 0 Å². The highest BCUT2D eigenvalue weighted by atomic mass is 19.1. The summed E-state index contributed by atoms with van der Waals surface area (Å²) in [6.07, 6.45) is 0.218. The van der Waals surface area contributed by atoms with E-state index in [0.29, 0.717) is 26.1 Å². The molecule has 2 nitrogen and oxygen atoms in total. The number of rotatable bonds is 1. The summed E-state index contributed by atoms with van der Waals surface area (Å²) in [6.45, 7) is 1.04. The molecule has 0 spiro atoms. The van der Waals surface area contributed by atoms with Crippen molar-refractivity contribution in [2.45, 2.75) is 19.0 Å². The van der Waals surface area contributed by atoms with Gasteiger partial charge in [-0.2, -0.15) is 0 Å². The Morgan fingerprint density at radius 1 is 1.40 bits per heavy atom. The van der Waals surface area contributed by atoms with E-state index in [4.69, 9.17) is 9.84 Å². The maximum Gasteiger partial charge on any atom is 0.107 e. The largest absolute Gasteiger partial charge is 0.396 e. The molecule has 0 aromatic heterocycles. The molecule has 0 aromatic carbocycles. The fourth-order valence-corrected chi connectivity index (χ4v) is 1.15. The number of alkyl halides is 1. The highest BCUT2D eigenvalue weighted by molar-refractivity contribution is 4.70. The van der Waals surface area contributed by atoms with Gasteiger partial charge in [0.15, 0.2) is 0 Å². The van der Waals surface area contributed by atoms with Crippen LogP contribution in [0.5, 0.6) is 0 Å². The van der Waals surface area contributed by atoms with E-state index < -0.39 is 6.17 Å². The lowest BCUT2D eigenvalue weighted by molar-refractivity contribution is 0.132. The van der Waals surface area contributed by atoms with Gasteiger partial charge in [-0.3, -0.25) is 0 Å². The van der Waals surface area contributed by atoms with Crippen molar-refractivity contribution in [3.05, 3.63) is 0 Å². The van der Waals surface area contributed by atoms with Gasteiger partial charge < -0.3 is 9.84 Å². The third-order valence-corrected chi connectivity index (χ3v) is 1.92. The molecule has 0 radical (unpaired) electrons. The molecule has 2 atom stereocenters. The van der Waals surface area contributed by atoms with Crippen LogP contribution in [0.3, 0.4) is 0 Å². The third-order valence-electron chi connectivity index (χ3n) is 1.92. The lowest BCUT2D eigenvalue weighted by atomic mass is 10.0. The summed E-state index contributed by atoms with van der Waals surface area (Å²) >= 11 is 0. The summed E-state index contributed by atoms with van der Waals surface area (Å²) in [5.41, 5.74) is 0. The Bertz CT molecular complexity index is 97.6. The first-order chi connectivity index (χ1) is 4.84. The molecule has 2 unspecified atom stereocenters. The number of hydrogen-bond donors (Lipinski definition) is 1. The smallest absolute Gasteiger partial charge is 0.107 e. The molecule has 10 heavy (non-hydrogen) atoms. The highest BCUT2D eigenvalue weighted by Gasteiger charge is 2.22. The van der Waals surface area contributed by atoms with Crippen molar-refractivity contribution in [2.75, 3.05) is 19.8 Å². The summed E-state index contributed by atoms with van der Waals surface area (Å²) in [5, 5.41) is 8.69. The van der Waals surface area contributed by atoms with Gasteiger partial charge in [0, 0.05) is 32.2 Å². The van der Waals surface area contributed by atoms with Crippen molar-refractivity contribution in [3.8, 4) is 0 Å². The Morgan fingerprint density at radius 2 is 2.10 bits per heavy atom. The van der Waals surface area contributed by atoms with Crippen LogP contribution in [0, 0.1) is 5.92 Å². The lowest BCUT2D eigenvalue weighted by Gasteiger charge is -2.13.